The third kappa shape index (κ3) is 3.13. The van der Waals surface area contributed by atoms with E-state index in [1.54, 1.807) is 0 Å². The minimum atomic E-state index is 0.0505. The van der Waals surface area contributed by atoms with Gasteiger partial charge in [-0.1, -0.05) is 0 Å². The van der Waals surface area contributed by atoms with E-state index >= 15 is 0 Å². The van der Waals surface area contributed by atoms with Gasteiger partial charge in [0, 0.05) is 37.5 Å². The van der Waals surface area contributed by atoms with Crippen molar-refractivity contribution in [2.75, 3.05) is 18.5 Å². The summed E-state index contributed by atoms with van der Waals surface area (Å²) in [6.45, 7) is 8.26. The van der Waals surface area contributed by atoms with Crippen molar-refractivity contribution >= 4 is 5.69 Å². The van der Waals surface area contributed by atoms with Crippen LogP contribution in [0.4, 0.5) is 5.69 Å². The molecule has 0 saturated carbocycles. The van der Waals surface area contributed by atoms with Gasteiger partial charge in [-0.15, -0.1) is 0 Å². The largest absolute Gasteiger partial charge is 0.383 e. The predicted molar refractivity (Wildman–Crippen MR) is 91.6 cm³/mol. The van der Waals surface area contributed by atoms with Crippen molar-refractivity contribution in [1.29, 1.82) is 5.26 Å². The van der Waals surface area contributed by atoms with E-state index in [0.717, 1.165) is 48.9 Å². The van der Waals surface area contributed by atoms with Gasteiger partial charge in [-0.2, -0.15) is 10.4 Å². The highest BCUT2D eigenvalue weighted by Crippen LogP contribution is 2.35. The van der Waals surface area contributed by atoms with Crippen molar-refractivity contribution in [2.45, 2.75) is 39.8 Å². The number of anilines is 1. The zero-order chi connectivity index (χ0) is 17.1. The summed E-state index contributed by atoms with van der Waals surface area (Å²) in [5.74, 6) is 0.354. The summed E-state index contributed by atoms with van der Waals surface area (Å²) >= 11 is 0. The molecule has 126 valence electrons. The molecule has 0 aliphatic carbocycles. The molecule has 1 N–H and O–H groups in total. The Morgan fingerprint density at radius 3 is 3.04 bits per heavy atom. The van der Waals surface area contributed by atoms with Crippen LogP contribution in [0.25, 0.3) is 0 Å². The maximum atomic E-state index is 9.39. The van der Waals surface area contributed by atoms with Crippen molar-refractivity contribution in [3.05, 3.63) is 41.0 Å². The quantitative estimate of drug-likeness (QED) is 0.914. The van der Waals surface area contributed by atoms with E-state index in [9.17, 15) is 5.26 Å². The van der Waals surface area contributed by atoms with Gasteiger partial charge in [-0.3, -0.25) is 9.67 Å². The normalized spacial score (nSPS) is 20.1. The van der Waals surface area contributed by atoms with Crippen molar-refractivity contribution in [3.8, 4) is 6.07 Å². The minimum absolute atomic E-state index is 0.0505. The first-order valence-corrected chi connectivity index (χ1v) is 8.39. The molecule has 6 nitrogen and oxygen atoms in total. The van der Waals surface area contributed by atoms with Crippen LogP contribution in [0.2, 0.25) is 0 Å². The highest BCUT2D eigenvalue weighted by atomic mass is 16.5. The Morgan fingerprint density at radius 2 is 2.29 bits per heavy atom. The van der Waals surface area contributed by atoms with Gasteiger partial charge >= 0.3 is 0 Å². The fourth-order valence-corrected chi connectivity index (χ4v) is 3.37. The summed E-state index contributed by atoms with van der Waals surface area (Å²) in [4.78, 5) is 4.36. The molecule has 2 atom stereocenters. The van der Waals surface area contributed by atoms with Gasteiger partial charge in [0.15, 0.2) is 0 Å². The number of nitrogens with one attached hydrogen (secondary N) is 1. The third-order valence-electron chi connectivity index (χ3n) is 4.55. The van der Waals surface area contributed by atoms with Crippen LogP contribution in [0, 0.1) is 31.1 Å². The molecule has 6 heteroatoms. The van der Waals surface area contributed by atoms with Gasteiger partial charge in [0.05, 0.1) is 22.6 Å². The Morgan fingerprint density at radius 1 is 1.46 bits per heavy atom. The first-order chi connectivity index (χ1) is 11.6. The Bertz CT molecular complexity index is 761. The van der Waals surface area contributed by atoms with Crippen LogP contribution in [0.1, 0.15) is 42.1 Å². The summed E-state index contributed by atoms with van der Waals surface area (Å²) in [5.41, 5.74) is 4.29. The Balaban J connectivity index is 1.76. The molecule has 0 bridgehead atoms. The van der Waals surface area contributed by atoms with Crippen LogP contribution >= 0.6 is 0 Å². The van der Waals surface area contributed by atoms with Gasteiger partial charge in [0.25, 0.3) is 0 Å². The second-order valence-corrected chi connectivity index (χ2v) is 6.18. The summed E-state index contributed by atoms with van der Waals surface area (Å²) in [7, 11) is 0. The number of hydrogen-bond acceptors (Lipinski definition) is 5. The molecule has 1 aliphatic rings. The lowest BCUT2D eigenvalue weighted by atomic mass is 9.98. The van der Waals surface area contributed by atoms with E-state index in [4.69, 9.17) is 4.74 Å². The maximum absolute atomic E-state index is 9.39. The number of nitriles is 1. The SMILES string of the molecule is CCn1nccc1[C@@H]1OCC[C@H]1CNc1cc(C)nc(C)c1C#N. The number of aromatic nitrogens is 3. The molecule has 2 aromatic rings. The first kappa shape index (κ1) is 16.5. The van der Waals surface area contributed by atoms with Gasteiger partial charge in [0.1, 0.15) is 12.2 Å². The van der Waals surface area contributed by atoms with Gasteiger partial charge in [-0.25, -0.2) is 0 Å². The van der Waals surface area contributed by atoms with Gasteiger partial charge < -0.3 is 10.1 Å². The highest BCUT2D eigenvalue weighted by Gasteiger charge is 2.31. The zero-order valence-electron chi connectivity index (χ0n) is 14.4. The average molecular weight is 325 g/mol. The molecular weight excluding hydrogens is 302 g/mol. The minimum Gasteiger partial charge on any atom is -0.383 e. The number of nitrogens with zero attached hydrogens (tertiary/aromatic N) is 4. The molecule has 2 aromatic heterocycles. The number of rotatable bonds is 5. The molecule has 24 heavy (non-hydrogen) atoms. The van der Waals surface area contributed by atoms with Gasteiger partial charge in [-0.05, 0) is 39.3 Å². The van der Waals surface area contributed by atoms with Crippen LogP contribution in [0.3, 0.4) is 0 Å². The van der Waals surface area contributed by atoms with Crippen LogP contribution < -0.4 is 5.32 Å². The second kappa shape index (κ2) is 7.02. The molecular formula is C18H23N5O. The van der Waals surface area contributed by atoms with Crippen molar-refractivity contribution in [1.82, 2.24) is 14.8 Å². The number of pyridine rings is 1. The van der Waals surface area contributed by atoms with Crippen LogP contribution in [-0.2, 0) is 11.3 Å². The summed E-state index contributed by atoms with van der Waals surface area (Å²) in [6, 6.07) is 6.23. The Hall–Kier alpha value is -2.39. The molecule has 0 amide bonds. The molecule has 0 aromatic carbocycles. The van der Waals surface area contributed by atoms with Crippen LogP contribution in [-0.4, -0.2) is 27.9 Å². The van der Waals surface area contributed by atoms with Crippen LogP contribution in [0.5, 0.6) is 0 Å². The van der Waals surface area contributed by atoms with E-state index in [-0.39, 0.29) is 6.10 Å². The smallest absolute Gasteiger partial charge is 0.104 e. The summed E-state index contributed by atoms with van der Waals surface area (Å²) in [5, 5.41) is 17.2. The standard InChI is InChI=1S/C18H23N5O/c1-4-23-17(5-7-21-23)18-14(6-8-24-18)11-20-16-9-12(2)22-13(3)15(16)10-19/h5,7,9,14,18H,4,6,8,11H2,1-3H3,(H,20,22)/t14-,18+/m0/s1. The monoisotopic (exact) mass is 325 g/mol. The average Bonchev–Trinajstić information content (AvgIpc) is 3.20. The van der Waals surface area contributed by atoms with E-state index in [1.165, 1.54) is 0 Å². The lowest BCUT2D eigenvalue weighted by Crippen LogP contribution is -2.21. The summed E-state index contributed by atoms with van der Waals surface area (Å²) < 4.78 is 7.96. The summed E-state index contributed by atoms with van der Waals surface area (Å²) in [6.07, 6.45) is 2.88. The van der Waals surface area contributed by atoms with Gasteiger partial charge in [0.2, 0.25) is 0 Å². The molecule has 3 heterocycles. The lowest BCUT2D eigenvalue weighted by molar-refractivity contribution is 0.0858. The Labute approximate surface area is 142 Å². The molecule has 1 aliphatic heterocycles. The van der Waals surface area contributed by atoms with Crippen molar-refractivity contribution in [2.24, 2.45) is 5.92 Å². The topological polar surface area (TPSA) is 75.8 Å². The molecule has 0 radical (unpaired) electrons. The number of aryl methyl sites for hydroxylation is 3. The zero-order valence-corrected chi connectivity index (χ0v) is 14.4. The van der Waals surface area contributed by atoms with E-state index in [2.05, 4.69) is 28.4 Å². The van der Waals surface area contributed by atoms with E-state index in [1.807, 2.05) is 36.9 Å². The molecule has 1 saturated heterocycles. The van der Waals surface area contributed by atoms with E-state index < -0.39 is 0 Å². The molecule has 1 fully saturated rings. The maximum Gasteiger partial charge on any atom is 0.104 e. The number of hydrogen-bond donors (Lipinski definition) is 1. The molecule has 0 unspecified atom stereocenters. The lowest BCUT2D eigenvalue weighted by Gasteiger charge is -2.21. The fourth-order valence-electron chi connectivity index (χ4n) is 3.37. The molecule has 3 rings (SSSR count). The highest BCUT2D eigenvalue weighted by molar-refractivity contribution is 5.59. The second-order valence-electron chi connectivity index (χ2n) is 6.18. The van der Waals surface area contributed by atoms with Crippen molar-refractivity contribution in [3.63, 3.8) is 0 Å². The molecule has 0 spiro atoms. The first-order valence-electron chi connectivity index (χ1n) is 8.39. The Kier molecular flexibility index (Phi) is 4.81. The third-order valence-corrected chi connectivity index (χ3v) is 4.55. The number of ether oxygens (including phenoxy) is 1. The van der Waals surface area contributed by atoms with Crippen molar-refractivity contribution < 1.29 is 4.74 Å². The fraction of sp³-hybridized carbons (Fsp3) is 0.500. The predicted octanol–water partition coefficient (Wildman–Crippen LogP) is 2.98. The van der Waals surface area contributed by atoms with E-state index in [0.29, 0.717) is 11.5 Å². The van der Waals surface area contributed by atoms with Crippen LogP contribution in [0.15, 0.2) is 18.3 Å².